The van der Waals surface area contributed by atoms with Gasteiger partial charge in [-0.2, -0.15) is 0 Å². The number of rotatable bonds is 4. The molecule has 20 heavy (non-hydrogen) atoms. The lowest BCUT2D eigenvalue weighted by molar-refractivity contribution is -0.117. The first kappa shape index (κ1) is 15.3. The second-order valence-corrected chi connectivity index (χ2v) is 5.78. The summed E-state index contributed by atoms with van der Waals surface area (Å²) in [4.78, 5) is 14.2. The Morgan fingerprint density at radius 3 is 2.70 bits per heavy atom. The van der Waals surface area contributed by atoms with Crippen LogP contribution in [0.3, 0.4) is 0 Å². The monoisotopic (exact) mass is 295 g/mol. The smallest absolute Gasteiger partial charge is 0.238 e. The van der Waals surface area contributed by atoms with Gasteiger partial charge in [-0.3, -0.25) is 9.69 Å². The first-order valence-electron chi connectivity index (χ1n) is 7.04. The molecule has 0 atom stereocenters. The molecule has 1 aromatic rings. The fourth-order valence-electron chi connectivity index (χ4n) is 2.49. The SMILES string of the molecule is CNC1CCN(CC(=O)Nc2ccc(C)cc2Cl)CC1. The lowest BCUT2D eigenvalue weighted by Crippen LogP contribution is -2.44. The Labute approximate surface area is 125 Å². The van der Waals surface area contributed by atoms with Gasteiger partial charge in [-0.05, 0) is 44.5 Å². The number of amides is 1. The number of halogens is 1. The van der Waals surface area contributed by atoms with E-state index >= 15 is 0 Å². The molecule has 1 amide bonds. The number of aryl methyl sites for hydroxylation is 1. The Balaban J connectivity index is 1.84. The molecule has 1 aromatic carbocycles. The van der Waals surface area contributed by atoms with Crippen molar-refractivity contribution in [1.29, 1.82) is 0 Å². The molecule has 1 aliphatic rings. The standard InChI is InChI=1S/C15H22ClN3O/c1-11-3-4-14(13(16)9-11)18-15(20)10-19-7-5-12(17-2)6-8-19/h3-4,9,12,17H,5-8,10H2,1-2H3,(H,18,20). The summed E-state index contributed by atoms with van der Waals surface area (Å²) in [5.41, 5.74) is 1.77. The minimum absolute atomic E-state index is 0.00124. The van der Waals surface area contributed by atoms with E-state index in [1.54, 1.807) is 0 Å². The van der Waals surface area contributed by atoms with Crippen LogP contribution in [0, 0.1) is 6.92 Å². The Hall–Kier alpha value is -1.10. The van der Waals surface area contributed by atoms with Crippen LogP contribution >= 0.6 is 11.6 Å². The summed E-state index contributed by atoms with van der Waals surface area (Å²) in [7, 11) is 1.99. The molecule has 4 nitrogen and oxygen atoms in total. The number of carbonyl (C=O) groups excluding carboxylic acids is 1. The van der Waals surface area contributed by atoms with Crippen molar-refractivity contribution in [2.24, 2.45) is 0 Å². The first-order chi connectivity index (χ1) is 9.58. The van der Waals surface area contributed by atoms with E-state index in [9.17, 15) is 4.79 Å². The van der Waals surface area contributed by atoms with E-state index in [1.165, 1.54) is 0 Å². The van der Waals surface area contributed by atoms with E-state index in [4.69, 9.17) is 11.6 Å². The molecule has 1 heterocycles. The molecule has 0 aliphatic carbocycles. The molecule has 2 N–H and O–H groups in total. The van der Waals surface area contributed by atoms with Crippen LogP contribution in [-0.2, 0) is 4.79 Å². The summed E-state index contributed by atoms with van der Waals surface area (Å²) in [6.45, 7) is 4.32. The Morgan fingerprint density at radius 1 is 1.40 bits per heavy atom. The third-order valence-electron chi connectivity index (χ3n) is 3.76. The first-order valence-corrected chi connectivity index (χ1v) is 7.42. The van der Waals surface area contributed by atoms with Crippen molar-refractivity contribution in [2.45, 2.75) is 25.8 Å². The minimum atomic E-state index is -0.00124. The zero-order chi connectivity index (χ0) is 14.5. The van der Waals surface area contributed by atoms with Crippen molar-refractivity contribution in [1.82, 2.24) is 10.2 Å². The van der Waals surface area contributed by atoms with E-state index < -0.39 is 0 Å². The van der Waals surface area contributed by atoms with Crippen molar-refractivity contribution < 1.29 is 4.79 Å². The highest BCUT2D eigenvalue weighted by molar-refractivity contribution is 6.33. The normalized spacial score (nSPS) is 17.1. The van der Waals surface area contributed by atoms with Gasteiger partial charge in [-0.1, -0.05) is 17.7 Å². The highest BCUT2D eigenvalue weighted by Crippen LogP contribution is 2.22. The lowest BCUT2D eigenvalue weighted by atomic mass is 10.1. The highest BCUT2D eigenvalue weighted by atomic mass is 35.5. The van der Waals surface area contributed by atoms with Gasteiger partial charge in [-0.15, -0.1) is 0 Å². The van der Waals surface area contributed by atoms with Gasteiger partial charge < -0.3 is 10.6 Å². The van der Waals surface area contributed by atoms with Crippen molar-refractivity contribution >= 4 is 23.2 Å². The number of nitrogens with one attached hydrogen (secondary N) is 2. The van der Waals surface area contributed by atoms with E-state index in [2.05, 4.69) is 15.5 Å². The van der Waals surface area contributed by atoms with Gasteiger partial charge in [0.2, 0.25) is 5.91 Å². The van der Waals surface area contributed by atoms with Gasteiger partial charge in [0.25, 0.3) is 0 Å². The van der Waals surface area contributed by atoms with Crippen LogP contribution in [0.5, 0.6) is 0 Å². The van der Waals surface area contributed by atoms with Gasteiger partial charge in [0, 0.05) is 19.1 Å². The summed E-state index contributed by atoms with van der Waals surface area (Å²) in [5.74, 6) is -0.00124. The predicted octanol–water partition coefficient (Wildman–Crippen LogP) is 2.27. The average molecular weight is 296 g/mol. The second-order valence-electron chi connectivity index (χ2n) is 5.37. The molecule has 0 saturated carbocycles. The van der Waals surface area contributed by atoms with Crippen molar-refractivity contribution in [3.05, 3.63) is 28.8 Å². The second kappa shape index (κ2) is 7.07. The van der Waals surface area contributed by atoms with Crippen LogP contribution < -0.4 is 10.6 Å². The van der Waals surface area contributed by atoms with Crippen LogP contribution in [0.4, 0.5) is 5.69 Å². The molecule has 1 fully saturated rings. The van der Waals surface area contributed by atoms with Crippen molar-refractivity contribution in [2.75, 3.05) is 32.0 Å². The van der Waals surface area contributed by atoms with Crippen LogP contribution in [0.1, 0.15) is 18.4 Å². The number of hydrogen-bond donors (Lipinski definition) is 2. The molecule has 5 heteroatoms. The zero-order valence-corrected chi connectivity index (χ0v) is 12.8. The summed E-state index contributed by atoms with van der Waals surface area (Å²) >= 11 is 6.12. The Kier molecular flexibility index (Phi) is 5.40. The van der Waals surface area contributed by atoms with Crippen LogP contribution in [-0.4, -0.2) is 43.5 Å². The fourth-order valence-corrected chi connectivity index (χ4v) is 2.78. The van der Waals surface area contributed by atoms with Gasteiger partial charge in [-0.25, -0.2) is 0 Å². The average Bonchev–Trinajstić information content (AvgIpc) is 2.43. The molecular formula is C15H22ClN3O. The predicted molar refractivity (Wildman–Crippen MR) is 83.3 cm³/mol. The molecule has 110 valence electrons. The number of likely N-dealkylation sites (tertiary alicyclic amines) is 1. The maximum absolute atomic E-state index is 12.0. The number of anilines is 1. The van der Waals surface area contributed by atoms with Crippen LogP contribution in [0.15, 0.2) is 18.2 Å². The summed E-state index contributed by atoms with van der Waals surface area (Å²) in [6.07, 6.45) is 2.18. The summed E-state index contributed by atoms with van der Waals surface area (Å²) in [5, 5.41) is 6.76. The van der Waals surface area contributed by atoms with E-state index in [0.717, 1.165) is 31.5 Å². The maximum Gasteiger partial charge on any atom is 0.238 e. The molecule has 0 radical (unpaired) electrons. The van der Waals surface area contributed by atoms with Gasteiger partial charge in [0.15, 0.2) is 0 Å². The number of hydrogen-bond acceptors (Lipinski definition) is 3. The van der Waals surface area contributed by atoms with Crippen LogP contribution in [0.2, 0.25) is 5.02 Å². The Bertz CT molecular complexity index is 470. The maximum atomic E-state index is 12.0. The highest BCUT2D eigenvalue weighted by Gasteiger charge is 2.19. The van der Waals surface area contributed by atoms with E-state index in [-0.39, 0.29) is 5.91 Å². The molecule has 0 aromatic heterocycles. The van der Waals surface area contributed by atoms with Gasteiger partial charge >= 0.3 is 0 Å². The minimum Gasteiger partial charge on any atom is -0.324 e. The number of carbonyl (C=O) groups is 1. The van der Waals surface area contributed by atoms with Gasteiger partial charge in [0.1, 0.15) is 0 Å². The number of benzene rings is 1. The molecule has 1 aliphatic heterocycles. The van der Waals surface area contributed by atoms with Crippen molar-refractivity contribution in [3.63, 3.8) is 0 Å². The topological polar surface area (TPSA) is 44.4 Å². The van der Waals surface area contributed by atoms with Gasteiger partial charge in [0.05, 0.1) is 17.3 Å². The van der Waals surface area contributed by atoms with Crippen molar-refractivity contribution in [3.8, 4) is 0 Å². The fraction of sp³-hybridized carbons (Fsp3) is 0.533. The molecule has 0 spiro atoms. The molecule has 2 rings (SSSR count). The Morgan fingerprint density at radius 2 is 2.10 bits per heavy atom. The molecule has 0 unspecified atom stereocenters. The largest absolute Gasteiger partial charge is 0.324 e. The third-order valence-corrected chi connectivity index (χ3v) is 4.07. The third kappa shape index (κ3) is 4.20. The molecular weight excluding hydrogens is 274 g/mol. The number of piperidine rings is 1. The summed E-state index contributed by atoms with van der Waals surface area (Å²) in [6, 6.07) is 6.24. The molecule has 0 bridgehead atoms. The summed E-state index contributed by atoms with van der Waals surface area (Å²) < 4.78 is 0. The zero-order valence-electron chi connectivity index (χ0n) is 12.1. The van der Waals surface area contributed by atoms with E-state index in [0.29, 0.717) is 23.3 Å². The van der Waals surface area contributed by atoms with E-state index in [1.807, 2.05) is 32.2 Å². The lowest BCUT2D eigenvalue weighted by Gasteiger charge is -2.31. The number of nitrogens with zero attached hydrogens (tertiary/aromatic N) is 1. The van der Waals surface area contributed by atoms with Crippen LogP contribution in [0.25, 0.3) is 0 Å². The molecule has 1 saturated heterocycles. The quantitative estimate of drug-likeness (QED) is 0.896.